The third-order valence-corrected chi connectivity index (χ3v) is 6.55. The second-order valence-corrected chi connectivity index (χ2v) is 8.47. The number of methoxy groups -OCH3 is 1. The minimum absolute atomic E-state index is 0.0356. The number of aromatic nitrogens is 2. The molecule has 1 aliphatic rings. The monoisotopic (exact) mass is 395 g/mol. The molecule has 3 rings (SSSR count). The van der Waals surface area contributed by atoms with Crippen LogP contribution in [0.4, 0.5) is 0 Å². The molecule has 1 fully saturated rings. The minimum atomic E-state index is -3.74. The molecular formula is C18H25N3O5S. The van der Waals surface area contributed by atoms with E-state index < -0.39 is 15.6 Å². The van der Waals surface area contributed by atoms with Crippen LogP contribution in [0.3, 0.4) is 0 Å². The van der Waals surface area contributed by atoms with Crippen molar-refractivity contribution in [3.8, 4) is 0 Å². The van der Waals surface area contributed by atoms with Gasteiger partial charge in [0.2, 0.25) is 10.0 Å². The number of benzene rings is 1. The van der Waals surface area contributed by atoms with Gasteiger partial charge in [0, 0.05) is 32.8 Å². The van der Waals surface area contributed by atoms with E-state index in [1.807, 2.05) is 6.92 Å². The van der Waals surface area contributed by atoms with Gasteiger partial charge < -0.3 is 4.74 Å². The van der Waals surface area contributed by atoms with E-state index >= 15 is 0 Å². The Kier molecular flexibility index (Phi) is 5.55. The summed E-state index contributed by atoms with van der Waals surface area (Å²) in [6.07, 6.45) is 1.60. The van der Waals surface area contributed by atoms with Gasteiger partial charge in [0.05, 0.1) is 15.8 Å². The summed E-state index contributed by atoms with van der Waals surface area (Å²) < 4.78 is 35.8. The van der Waals surface area contributed by atoms with Crippen molar-refractivity contribution in [1.29, 1.82) is 0 Å². The second-order valence-electron chi connectivity index (χ2n) is 6.76. The van der Waals surface area contributed by atoms with Crippen LogP contribution in [-0.4, -0.2) is 37.3 Å². The van der Waals surface area contributed by atoms with E-state index in [-0.39, 0.29) is 34.5 Å². The topological polar surface area (TPSA) is 99.4 Å². The van der Waals surface area contributed by atoms with Crippen molar-refractivity contribution < 1.29 is 13.2 Å². The van der Waals surface area contributed by atoms with Crippen LogP contribution in [0.25, 0.3) is 10.9 Å². The van der Waals surface area contributed by atoms with Crippen LogP contribution in [0.5, 0.6) is 0 Å². The summed E-state index contributed by atoms with van der Waals surface area (Å²) in [7, 11) is -2.12. The van der Waals surface area contributed by atoms with E-state index in [1.54, 1.807) is 14.0 Å². The number of fused-ring (bicyclic) bond motifs is 1. The van der Waals surface area contributed by atoms with Crippen LogP contribution >= 0.6 is 0 Å². The molecule has 1 saturated carbocycles. The Bertz CT molecular complexity index is 1070. The first-order valence-electron chi connectivity index (χ1n) is 9.12. The molecule has 1 aromatic heterocycles. The predicted molar refractivity (Wildman–Crippen MR) is 103 cm³/mol. The van der Waals surface area contributed by atoms with Gasteiger partial charge in [-0.1, -0.05) is 0 Å². The quantitative estimate of drug-likeness (QED) is 0.716. The summed E-state index contributed by atoms with van der Waals surface area (Å²) in [5.41, 5.74) is -0.408. The highest BCUT2D eigenvalue weighted by Crippen LogP contribution is 2.34. The zero-order chi connectivity index (χ0) is 19.8. The molecule has 2 atom stereocenters. The molecule has 0 amide bonds. The molecule has 1 aromatic carbocycles. The molecule has 148 valence electrons. The lowest BCUT2D eigenvalue weighted by atomic mass is 10.2. The summed E-state index contributed by atoms with van der Waals surface area (Å²) in [5.74, 6) is 0.280. The Balaban J connectivity index is 1.99. The van der Waals surface area contributed by atoms with Crippen molar-refractivity contribution in [3.05, 3.63) is 39.0 Å². The summed E-state index contributed by atoms with van der Waals surface area (Å²) >= 11 is 0. The lowest BCUT2D eigenvalue weighted by Crippen LogP contribution is -2.39. The fraction of sp³-hybridized carbons (Fsp3) is 0.556. The highest BCUT2D eigenvalue weighted by Gasteiger charge is 2.39. The third-order valence-electron chi connectivity index (χ3n) is 5.06. The Morgan fingerprint density at radius 3 is 2.52 bits per heavy atom. The summed E-state index contributed by atoms with van der Waals surface area (Å²) in [4.78, 5) is 25.1. The van der Waals surface area contributed by atoms with E-state index in [2.05, 4.69) is 4.72 Å². The number of nitrogens with zero attached hydrogens (tertiary/aromatic N) is 2. The van der Waals surface area contributed by atoms with Gasteiger partial charge in [-0.25, -0.2) is 17.9 Å². The van der Waals surface area contributed by atoms with Crippen LogP contribution < -0.4 is 16.0 Å². The van der Waals surface area contributed by atoms with Crippen molar-refractivity contribution in [2.24, 2.45) is 5.92 Å². The molecule has 0 radical (unpaired) electrons. The molecular weight excluding hydrogens is 370 g/mol. The van der Waals surface area contributed by atoms with Crippen LogP contribution in [0.1, 0.15) is 26.7 Å². The zero-order valence-electron chi connectivity index (χ0n) is 15.8. The highest BCUT2D eigenvalue weighted by molar-refractivity contribution is 7.89. The molecule has 1 aliphatic carbocycles. The number of hydrogen-bond acceptors (Lipinski definition) is 5. The first-order chi connectivity index (χ1) is 12.8. The van der Waals surface area contributed by atoms with E-state index in [1.165, 1.54) is 22.8 Å². The molecule has 1 heterocycles. The van der Waals surface area contributed by atoms with Crippen LogP contribution in [-0.2, 0) is 27.8 Å². The molecule has 0 spiro atoms. The number of ether oxygens (including phenoxy) is 1. The first kappa shape index (κ1) is 19.8. The second kappa shape index (κ2) is 7.57. The number of sulfonamides is 1. The molecule has 2 aromatic rings. The lowest BCUT2D eigenvalue weighted by Gasteiger charge is -2.13. The average Bonchev–Trinajstić information content (AvgIpc) is 3.37. The fourth-order valence-corrected chi connectivity index (χ4v) is 4.75. The maximum absolute atomic E-state index is 12.7. The Morgan fingerprint density at radius 2 is 1.89 bits per heavy atom. The normalized spacial score (nSPS) is 19.5. The van der Waals surface area contributed by atoms with Crippen LogP contribution in [0, 0.1) is 5.92 Å². The molecule has 27 heavy (non-hydrogen) atoms. The van der Waals surface area contributed by atoms with Crippen LogP contribution in [0.15, 0.2) is 32.7 Å². The van der Waals surface area contributed by atoms with E-state index in [9.17, 15) is 18.0 Å². The Morgan fingerprint density at radius 1 is 1.19 bits per heavy atom. The van der Waals surface area contributed by atoms with Gasteiger partial charge in [-0.3, -0.25) is 13.9 Å². The molecule has 8 nitrogen and oxygen atoms in total. The van der Waals surface area contributed by atoms with Crippen molar-refractivity contribution in [1.82, 2.24) is 13.9 Å². The van der Waals surface area contributed by atoms with Crippen molar-refractivity contribution in [2.45, 2.75) is 50.7 Å². The molecule has 1 N–H and O–H groups in total. The molecule has 0 bridgehead atoms. The van der Waals surface area contributed by atoms with Crippen molar-refractivity contribution in [3.63, 3.8) is 0 Å². The maximum atomic E-state index is 12.7. The summed E-state index contributed by atoms with van der Waals surface area (Å²) in [5, 5.41) is 0.230. The standard InChI is InChI=1S/C18H25N3O5S/c1-4-20-16-7-6-13(11-14(16)17(22)21(5-2)18(20)23)27(24,25)19-15-10-12(15)8-9-26-3/h6-7,11-12,15,19H,4-5,8-10H2,1-3H3/t12-,15+/m0/s1. The zero-order valence-corrected chi connectivity index (χ0v) is 16.6. The van der Waals surface area contributed by atoms with Gasteiger partial charge in [-0.15, -0.1) is 0 Å². The van der Waals surface area contributed by atoms with Crippen LogP contribution in [0.2, 0.25) is 0 Å². The van der Waals surface area contributed by atoms with Gasteiger partial charge in [0.1, 0.15) is 0 Å². The average molecular weight is 395 g/mol. The van der Waals surface area contributed by atoms with Crippen molar-refractivity contribution >= 4 is 20.9 Å². The van der Waals surface area contributed by atoms with Gasteiger partial charge >= 0.3 is 5.69 Å². The van der Waals surface area contributed by atoms with E-state index in [0.717, 1.165) is 17.4 Å². The fourth-order valence-electron chi connectivity index (χ4n) is 3.40. The van der Waals surface area contributed by atoms with Crippen molar-refractivity contribution in [2.75, 3.05) is 13.7 Å². The van der Waals surface area contributed by atoms with E-state index in [4.69, 9.17) is 4.74 Å². The number of nitrogens with one attached hydrogen (secondary N) is 1. The maximum Gasteiger partial charge on any atom is 0.331 e. The molecule has 0 saturated heterocycles. The van der Waals surface area contributed by atoms with Gasteiger partial charge in [0.15, 0.2) is 0 Å². The molecule has 0 aliphatic heterocycles. The summed E-state index contributed by atoms with van der Waals surface area (Å²) in [6, 6.07) is 4.24. The number of rotatable bonds is 8. The largest absolute Gasteiger partial charge is 0.385 e. The number of hydrogen-bond donors (Lipinski definition) is 1. The number of aryl methyl sites for hydroxylation is 1. The minimum Gasteiger partial charge on any atom is -0.385 e. The highest BCUT2D eigenvalue weighted by atomic mass is 32.2. The Labute approximate surface area is 157 Å². The van der Waals surface area contributed by atoms with E-state index in [0.29, 0.717) is 18.7 Å². The predicted octanol–water partition coefficient (Wildman–Crippen LogP) is 0.906. The Hall–Kier alpha value is -1.97. The van der Waals surface area contributed by atoms with Gasteiger partial charge in [-0.05, 0) is 50.8 Å². The first-order valence-corrected chi connectivity index (χ1v) is 10.6. The van der Waals surface area contributed by atoms with Gasteiger partial charge in [0.25, 0.3) is 5.56 Å². The molecule has 0 unspecified atom stereocenters. The lowest BCUT2D eigenvalue weighted by molar-refractivity contribution is 0.189. The van der Waals surface area contributed by atoms with Gasteiger partial charge in [-0.2, -0.15) is 0 Å². The SMILES string of the molecule is CCn1c(=O)c2cc(S(=O)(=O)N[C@@H]3C[C@@H]3CCOC)ccc2n(CC)c1=O. The molecule has 9 heteroatoms. The summed E-state index contributed by atoms with van der Waals surface area (Å²) in [6.45, 7) is 4.74. The smallest absolute Gasteiger partial charge is 0.331 e. The third kappa shape index (κ3) is 3.71.